The molecule has 0 aliphatic carbocycles. The molecule has 2 aliphatic heterocycles. The van der Waals surface area contributed by atoms with Crippen molar-refractivity contribution in [3.63, 3.8) is 0 Å². The Labute approximate surface area is 181 Å². The van der Waals surface area contributed by atoms with E-state index in [-0.39, 0.29) is 24.7 Å². The van der Waals surface area contributed by atoms with Crippen LogP contribution in [0.4, 0.5) is 0 Å². The Bertz CT molecular complexity index is 960. The van der Waals surface area contributed by atoms with E-state index in [0.717, 1.165) is 22.6 Å². The molecule has 30 heavy (non-hydrogen) atoms. The molecule has 0 saturated carbocycles. The molecule has 0 unspecified atom stereocenters. The molecule has 1 amide bonds. The summed E-state index contributed by atoms with van der Waals surface area (Å²) in [7, 11) is 0. The average molecular weight is 429 g/mol. The standard InChI is InChI=1S/C23H25ClN2O4/c1-15(2)8-23(27)26(12-16-4-3-5-18(24)9-16)13-19-11-20(25-30-19)17-6-7-21-22(10-17)29-14-28-21/h3-7,9-10,15,19H,8,11-14H2,1-2H3/t19-/m1/s1. The topological polar surface area (TPSA) is 60.4 Å². The highest BCUT2D eigenvalue weighted by Crippen LogP contribution is 2.33. The van der Waals surface area contributed by atoms with Gasteiger partial charge in [0.1, 0.15) is 0 Å². The second kappa shape index (κ2) is 8.96. The van der Waals surface area contributed by atoms with Crippen molar-refractivity contribution >= 4 is 23.2 Å². The Morgan fingerprint density at radius 3 is 2.83 bits per heavy atom. The van der Waals surface area contributed by atoms with E-state index >= 15 is 0 Å². The van der Waals surface area contributed by atoms with Crippen molar-refractivity contribution in [2.75, 3.05) is 13.3 Å². The van der Waals surface area contributed by atoms with Crippen LogP contribution in [-0.4, -0.2) is 36.0 Å². The molecule has 158 valence electrons. The van der Waals surface area contributed by atoms with Crippen molar-refractivity contribution in [3.8, 4) is 11.5 Å². The van der Waals surface area contributed by atoms with Crippen LogP contribution in [0.1, 0.15) is 37.8 Å². The van der Waals surface area contributed by atoms with Crippen molar-refractivity contribution in [3.05, 3.63) is 58.6 Å². The van der Waals surface area contributed by atoms with Gasteiger partial charge in [0, 0.05) is 30.0 Å². The van der Waals surface area contributed by atoms with Crippen LogP contribution in [0.15, 0.2) is 47.6 Å². The van der Waals surface area contributed by atoms with Crippen molar-refractivity contribution in [2.24, 2.45) is 11.1 Å². The maximum atomic E-state index is 12.9. The summed E-state index contributed by atoms with van der Waals surface area (Å²) in [6, 6.07) is 13.3. The van der Waals surface area contributed by atoms with E-state index in [1.807, 2.05) is 61.2 Å². The molecule has 2 heterocycles. The molecule has 1 atom stereocenters. The third-order valence-electron chi connectivity index (χ3n) is 5.06. The zero-order chi connectivity index (χ0) is 21.1. The number of oxime groups is 1. The predicted octanol–water partition coefficient (Wildman–Crippen LogP) is 4.64. The number of carbonyl (C=O) groups excluding carboxylic acids is 1. The van der Waals surface area contributed by atoms with E-state index in [4.69, 9.17) is 25.9 Å². The molecule has 0 N–H and O–H groups in total. The molecule has 2 aromatic carbocycles. The fourth-order valence-corrected chi connectivity index (χ4v) is 3.82. The molecular weight excluding hydrogens is 404 g/mol. The van der Waals surface area contributed by atoms with Gasteiger partial charge in [-0.15, -0.1) is 0 Å². The van der Waals surface area contributed by atoms with Gasteiger partial charge in [-0.05, 0) is 41.8 Å². The third kappa shape index (κ3) is 4.87. The Hall–Kier alpha value is -2.73. The van der Waals surface area contributed by atoms with Crippen molar-refractivity contribution < 1.29 is 19.1 Å². The SMILES string of the molecule is CC(C)CC(=O)N(Cc1cccc(Cl)c1)C[C@H]1CC(c2ccc3c(c2)OCO3)=NO1. The van der Waals surface area contributed by atoms with E-state index in [9.17, 15) is 4.79 Å². The monoisotopic (exact) mass is 428 g/mol. The number of ether oxygens (including phenoxy) is 2. The van der Waals surface area contributed by atoms with Crippen LogP contribution in [0.25, 0.3) is 0 Å². The zero-order valence-electron chi connectivity index (χ0n) is 17.1. The number of fused-ring (bicyclic) bond motifs is 1. The summed E-state index contributed by atoms with van der Waals surface area (Å²) < 4.78 is 10.8. The fourth-order valence-electron chi connectivity index (χ4n) is 3.61. The van der Waals surface area contributed by atoms with E-state index in [0.29, 0.717) is 36.7 Å². The summed E-state index contributed by atoms with van der Waals surface area (Å²) >= 11 is 6.12. The summed E-state index contributed by atoms with van der Waals surface area (Å²) in [5, 5.41) is 4.93. The van der Waals surface area contributed by atoms with Crippen LogP contribution in [0.3, 0.4) is 0 Å². The second-order valence-corrected chi connectivity index (χ2v) is 8.48. The number of hydrogen-bond acceptors (Lipinski definition) is 5. The number of amides is 1. The van der Waals surface area contributed by atoms with Gasteiger partial charge >= 0.3 is 0 Å². The van der Waals surface area contributed by atoms with E-state index in [2.05, 4.69) is 5.16 Å². The molecule has 6 nitrogen and oxygen atoms in total. The van der Waals surface area contributed by atoms with Gasteiger partial charge < -0.3 is 19.2 Å². The molecule has 0 bridgehead atoms. The number of carbonyl (C=O) groups is 1. The second-order valence-electron chi connectivity index (χ2n) is 8.04. The molecule has 7 heteroatoms. The molecule has 0 saturated heterocycles. The first-order chi connectivity index (χ1) is 14.5. The minimum Gasteiger partial charge on any atom is -0.454 e. The summed E-state index contributed by atoms with van der Waals surface area (Å²) in [4.78, 5) is 20.4. The summed E-state index contributed by atoms with van der Waals surface area (Å²) in [5.74, 6) is 1.84. The number of benzene rings is 2. The van der Waals surface area contributed by atoms with Gasteiger partial charge in [0.05, 0.1) is 12.3 Å². The Morgan fingerprint density at radius 2 is 2.03 bits per heavy atom. The normalized spacial score (nSPS) is 17.1. The van der Waals surface area contributed by atoms with Crippen molar-refractivity contribution in [1.29, 1.82) is 0 Å². The highest BCUT2D eigenvalue weighted by Gasteiger charge is 2.28. The number of nitrogens with zero attached hydrogens (tertiary/aromatic N) is 2. The number of halogens is 1. The van der Waals surface area contributed by atoms with Gasteiger partial charge in [0.15, 0.2) is 17.6 Å². The van der Waals surface area contributed by atoms with Gasteiger partial charge in [-0.3, -0.25) is 4.79 Å². The molecule has 2 aromatic rings. The Morgan fingerprint density at radius 1 is 1.20 bits per heavy atom. The minimum absolute atomic E-state index is 0.102. The first-order valence-electron chi connectivity index (χ1n) is 10.1. The summed E-state index contributed by atoms with van der Waals surface area (Å²) in [6.45, 7) is 5.28. The highest BCUT2D eigenvalue weighted by atomic mass is 35.5. The van der Waals surface area contributed by atoms with Crippen LogP contribution in [-0.2, 0) is 16.2 Å². The maximum absolute atomic E-state index is 12.9. The predicted molar refractivity (Wildman–Crippen MR) is 115 cm³/mol. The van der Waals surface area contributed by atoms with Crippen LogP contribution < -0.4 is 9.47 Å². The molecular formula is C23H25ClN2O4. The van der Waals surface area contributed by atoms with Crippen LogP contribution in [0.5, 0.6) is 11.5 Å². The summed E-state index contributed by atoms with van der Waals surface area (Å²) in [6.07, 6.45) is 0.921. The minimum atomic E-state index is -0.194. The summed E-state index contributed by atoms with van der Waals surface area (Å²) in [5.41, 5.74) is 2.78. The first-order valence-corrected chi connectivity index (χ1v) is 10.5. The van der Waals surface area contributed by atoms with Crippen LogP contribution >= 0.6 is 11.6 Å². The average Bonchev–Trinajstić information content (AvgIpc) is 3.35. The van der Waals surface area contributed by atoms with Crippen LogP contribution in [0.2, 0.25) is 5.02 Å². The lowest BCUT2D eigenvalue weighted by molar-refractivity contribution is -0.134. The highest BCUT2D eigenvalue weighted by molar-refractivity contribution is 6.30. The number of rotatable bonds is 7. The quantitative estimate of drug-likeness (QED) is 0.644. The van der Waals surface area contributed by atoms with Gasteiger partial charge in [-0.2, -0.15) is 0 Å². The van der Waals surface area contributed by atoms with E-state index in [1.165, 1.54) is 0 Å². The molecule has 4 rings (SSSR count). The molecule has 0 spiro atoms. The molecule has 2 aliphatic rings. The van der Waals surface area contributed by atoms with Crippen molar-refractivity contribution in [2.45, 2.75) is 39.3 Å². The Balaban J connectivity index is 1.43. The lowest BCUT2D eigenvalue weighted by atomic mass is 10.0. The third-order valence-corrected chi connectivity index (χ3v) is 5.30. The van der Waals surface area contributed by atoms with E-state index in [1.54, 1.807) is 0 Å². The lowest BCUT2D eigenvalue weighted by Gasteiger charge is -2.26. The first kappa shape index (κ1) is 20.5. The van der Waals surface area contributed by atoms with Crippen molar-refractivity contribution in [1.82, 2.24) is 4.90 Å². The van der Waals surface area contributed by atoms with Gasteiger partial charge in [0.2, 0.25) is 12.7 Å². The zero-order valence-corrected chi connectivity index (χ0v) is 17.9. The smallest absolute Gasteiger partial charge is 0.231 e. The maximum Gasteiger partial charge on any atom is 0.231 e. The number of hydrogen-bond donors (Lipinski definition) is 0. The Kier molecular flexibility index (Phi) is 6.13. The largest absolute Gasteiger partial charge is 0.454 e. The van der Waals surface area contributed by atoms with Gasteiger partial charge in [-0.1, -0.05) is 42.7 Å². The van der Waals surface area contributed by atoms with Gasteiger partial charge in [-0.25, -0.2) is 0 Å². The molecule has 0 fully saturated rings. The molecule has 0 radical (unpaired) electrons. The van der Waals surface area contributed by atoms with Crippen LogP contribution in [0, 0.1) is 5.92 Å². The fraction of sp³-hybridized carbons (Fsp3) is 0.391. The molecule has 0 aromatic heterocycles. The van der Waals surface area contributed by atoms with E-state index < -0.39 is 0 Å². The lowest BCUT2D eigenvalue weighted by Crippen LogP contribution is -2.37. The van der Waals surface area contributed by atoms with Gasteiger partial charge in [0.25, 0.3) is 0 Å².